The van der Waals surface area contributed by atoms with Gasteiger partial charge in [-0.1, -0.05) is 176 Å². The van der Waals surface area contributed by atoms with Crippen molar-refractivity contribution < 1.29 is 0 Å². The van der Waals surface area contributed by atoms with Gasteiger partial charge in [0.1, 0.15) is 0 Å². The second kappa shape index (κ2) is 15.2. The van der Waals surface area contributed by atoms with Gasteiger partial charge in [0.05, 0.1) is 29.9 Å². The average Bonchev–Trinajstić information content (AvgIpc) is 3.27. The summed E-state index contributed by atoms with van der Waals surface area (Å²) in [4.78, 5) is 10.1. The van der Waals surface area contributed by atoms with E-state index in [2.05, 4.69) is 180 Å². The van der Waals surface area contributed by atoms with E-state index >= 15 is 0 Å². The normalized spacial score (nSPS) is 16.9. The van der Waals surface area contributed by atoms with Gasteiger partial charge in [-0.2, -0.15) is 0 Å². The van der Waals surface area contributed by atoms with Gasteiger partial charge >= 0.3 is 0 Å². The summed E-state index contributed by atoms with van der Waals surface area (Å²) >= 11 is 0. The summed E-state index contributed by atoms with van der Waals surface area (Å²) in [6, 6.07) is 70.0. The molecule has 54 heavy (non-hydrogen) atoms. The zero-order valence-corrected chi connectivity index (χ0v) is 29.7. The van der Waals surface area contributed by atoms with Crippen molar-refractivity contribution in [1.29, 1.82) is 0 Å². The summed E-state index contributed by atoms with van der Waals surface area (Å²) in [6.07, 6.45) is -0.272. The van der Waals surface area contributed by atoms with Crippen molar-refractivity contribution in [3.63, 3.8) is 0 Å². The van der Waals surface area contributed by atoms with E-state index < -0.39 is 0 Å². The number of hydrogen-bond acceptors (Lipinski definition) is 5. The zero-order valence-electron chi connectivity index (χ0n) is 29.7. The lowest BCUT2D eigenvalue weighted by atomic mass is 9.97. The van der Waals surface area contributed by atoms with Crippen LogP contribution < -0.4 is 16.0 Å². The molecule has 1 aromatic heterocycles. The van der Waals surface area contributed by atoms with E-state index in [1.54, 1.807) is 0 Å². The molecule has 1 fully saturated rings. The number of hydrogen-bond donors (Lipinski definition) is 3. The van der Waals surface area contributed by atoms with Crippen LogP contribution in [0.3, 0.4) is 0 Å². The molecule has 260 valence electrons. The predicted octanol–water partition coefficient (Wildman–Crippen LogP) is 11.0. The molecule has 2 heterocycles. The van der Waals surface area contributed by atoms with E-state index in [4.69, 9.17) is 9.97 Å². The first kappa shape index (κ1) is 33.3. The highest BCUT2D eigenvalue weighted by molar-refractivity contribution is 5.76. The molecule has 1 saturated heterocycles. The Bertz CT molecular complexity index is 2430. The second-order valence-electron chi connectivity index (χ2n) is 13.6. The highest BCUT2D eigenvalue weighted by Crippen LogP contribution is 2.33. The van der Waals surface area contributed by atoms with Crippen LogP contribution in [0.1, 0.15) is 35.2 Å². The topological polar surface area (TPSA) is 61.9 Å². The van der Waals surface area contributed by atoms with Crippen LogP contribution >= 0.6 is 0 Å². The van der Waals surface area contributed by atoms with Gasteiger partial charge in [-0.05, 0) is 63.2 Å². The molecule has 3 N–H and O–H groups in total. The van der Waals surface area contributed by atoms with Gasteiger partial charge in [0, 0.05) is 16.7 Å². The van der Waals surface area contributed by atoms with E-state index in [1.165, 1.54) is 22.3 Å². The van der Waals surface area contributed by atoms with Crippen molar-refractivity contribution in [3.8, 4) is 56.2 Å². The zero-order chi connectivity index (χ0) is 36.1. The molecular formula is C49H39N5. The summed E-state index contributed by atoms with van der Waals surface area (Å²) < 4.78 is 0. The molecule has 8 aromatic rings. The predicted molar refractivity (Wildman–Crippen MR) is 220 cm³/mol. The molecule has 0 aliphatic carbocycles. The summed E-state index contributed by atoms with van der Waals surface area (Å²) in [5, 5.41) is 11.6. The largest absolute Gasteiger partial charge is 0.279 e. The molecular weight excluding hydrogens is 659 g/mol. The molecule has 0 saturated carbocycles. The number of rotatable bonds is 8. The summed E-state index contributed by atoms with van der Waals surface area (Å²) in [5.41, 5.74) is 13.0. The molecule has 9 rings (SSSR count). The Morgan fingerprint density at radius 3 is 1.22 bits per heavy atom. The minimum Gasteiger partial charge on any atom is -0.279 e. The number of nitrogens with one attached hydrogen (secondary N) is 3. The monoisotopic (exact) mass is 697 g/mol. The molecule has 3 unspecified atom stereocenters. The van der Waals surface area contributed by atoms with Crippen LogP contribution in [0.5, 0.6) is 0 Å². The summed E-state index contributed by atoms with van der Waals surface area (Å²) in [7, 11) is 0. The molecule has 0 spiro atoms. The molecule has 7 aromatic carbocycles. The molecule has 1 aliphatic rings. The summed E-state index contributed by atoms with van der Waals surface area (Å²) in [5.74, 6) is 0.708. The van der Waals surface area contributed by atoms with E-state index in [0.29, 0.717) is 5.82 Å². The lowest BCUT2D eigenvalue weighted by Crippen LogP contribution is -2.54. The van der Waals surface area contributed by atoms with Gasteiger partial charge in [0.2, 0.25) is 0 Å². The van der Waals surface area contributed by atoms with Gasteiger partial charge in [0.25, 0.3) is 0 Å². The van der Waals surface area contributed by atoms with Crippen LogP contribution in [0.25, 0.3) is 56.2 Å². The molecule has 3 atom stereocenters. The Hall–Kier alpha value is -6.50. The Labute approximate surface area is 316 Å². The highest BCUT2D eigenvalue weighted by Gasteiger charge is 2.30. The highest BCUT2D eigenvalue weighted by atomic mass is 15.4. The minimum atomic E-state index is -0.117. The quantitative estimate of drug-likeness (QED) is 0.148. The molecule has 5 nitrogen and oxygen atoms in total. The first-order valence-electron chi connectivity index (χ1n) is 18.4. The number of aromatic nitrogens is 2. The Kier molecular flexibility index (Phi) is 9.41. The van der Waals surface area contributed by atoms with Crippen LogP contribution in [0, 0.1) is 0 Å². The maximum atomic E-state index is 5.09. The maximum absolute atomic E-state index is 5.09. The Morgan fingerprint density at radius 2 is 0.648 bits per heavy atom. The SMILES string of the molecule is c1ccc(-c2cccc(C3NC(c4ccccc4)NC(c4cccc(-c5cccc(-c6cc(-c7ccccc7)nc(-c7ccccc7)n6)c5)c4)N3)c2)cc1. The third kappa shape index (κ3) is 7.25. The Balaban J connectivity index is 1.06. The molecule has 0 bridgehead atoms. The average molecular weight is 698 g/mol. The fourth-order valence-corrected chi connectivity index (χ4v) is 7.22. The first-order valence-corrected chi connectivity index (χ1v) is 18.4. The van der Waals surface area contributed by atoms with Crippen molar-refractivity contribution in [1.82, 2.24) is 25.9 Å². The van der Waals surface area contributed by atoms with Crippen LogP contribution in [-0.2, 0) is 0 Å². The summed E-state index contributed by atoms with van der Waals surface area (Å²) in [6.45, 7) is 0. The molecule has 0 radical (unpaired) electrons. The molecule has 1 aliphatic heterocycles. The van der Waals surface area contributed by atoms with E-state index in [0.717, 1.165) is 44.8 Å². The van der Waals surface area contributed by atoms with Crippen molar-refractivity contribution in [2.45, 2.75) is 18.5 Å². The van der Waals surface area contributed by atoms with Gasteiger partial charge in [-0.25, -0.2) is 9.97 Å². The minimum absolute atomic E-state index is 0.0646. The van der Waals surface area contributed by atoms with Crippen LogP contribution in [0.2, 0.25) is 0 Å². The molecule has 5 heteroatoms. The maximum Gasteiger partial charge on any atom is 0.160 e. The number of nitrogens with zero attached hydrogens (tertiary/aromatic N) is 2. The van der Waals surface area contributed by atoms with Crippen molar-refractivity contribution in [2.75, 3.05) is 0 Å². The van der Waals surface area contributed by atoms with E-state index in [-0.39, 0.29) is 18.5 Å². The number of benzene rings is 7. The van der Waals surface area contributed by atoms with Gasteiger partial charge < -0.3 is 0 Å². The van der Waals surface area contributed by atoms with Gasteiger partial charge in [-0.15, -0.1) is 0 Å². The van der Waals surface area contributed by atoms with Gasteiger partial charge in [0.15, 0.2) is 5.82 Å². The smallest absolute Gasteiger partial charge is 0.160 e. The van der Waals surface area contributed by atoms with Crippen LogP contribution in [0.4, 0.5) is 0 Å². The Morgan fingerprint density at radius 1 is 0.278 bits per heavy atom. The van der Waals surface area contributed by atoms with Crippen molar-refractivity contribution in [2.24, 2.45) is 0 Å². The van der Waals surface area contributed by atoms with Gasteiger partial charge in [-0.3, -0.25) is 16.0 Å². The van der Waals surface area contributed by atoms with E-state index in [1.807, 2.05) is 36.4 Å². The second-order valence-corrected chi connectivity index (χ2v) is 13.6. The first-order chi connectivity index (χ1) is 26.7. The third-order valence-corrected chi connectivity index (χ3v) is 10.00. The third-order valence-electron chi connectivity index (χ3n) is 10.00. The van der Waals surface area contributed by atoms with E-state index in [9.17, 15) is 0 Å². The van der Waals surface area contributed by atoms with Crippen LogP contribution in [0.15, 0.2) is 200 Å². The fourth-order valence-electron chi connectivity index (χ4n) is 7.22. The van der Waals surface area contributed by atoms with Crippen LogP contribution in [-0.4, -0.2) is 9.97 Å². The fraction of sp³-hybridized carbons (Fsp3) is 0.0612. The lowest BCUT2D eigenvalue weighted by Gasteiger charge is -2.40. The molecule has 0 amide bonds. The van der Waals surface area contributed by atoms with Crippen molar-refractivity contribution in [3.05, 3.63) is 217 Å². The lowest BCUT2D eigenvalue weighted by molar-refractivity contribution is 0.203. The standard InChI is InChI=1S/C49H39N5/c1-5-16-34(17-6-1)38-24-14-28-42(31-38)48-52-47(37-22-11-4-12-23-37)53-49(54-48)43-29-15-26-40(32-43)39-25-13-27-41(30-39)45-33-44(35-18-7-2-8-19-35)50-46(51-45)36-20-9-3-10-21-36/h1-33,47-49,52-54H. The van der Waals surface area contributed by atoms with Crippen molar-refractivity contribution >= 4 is 0 Å².